The number of nitrogens with one attached hydrogen (secondary N) is 4. The Hall–Kier alpha value is -5.03. The first-order valence-corrected chi connectivity index (χ1v) is 23.9. The molecule has 2 rings (SSSR count). The van der Waals surface area contributed by atoms with Crippen LogP contribution in [0.3, 0.4) is 0 Å². The van der Waals surface area contributed by atoms with Crippen LogP contribution in [0, 0.1) is 0 Å². The molecule has 26 heteroatoms. The molecule has 1 saturated heterocycles. The summed E-state index contributed by atoms with van der Waals surface area (Å²) in [5.74, 6) is -5.10. The minimum atomic E-state index is -0.998. The highest BCUT2D eigenvalue weighted by Gasteiger charge is 2.33. The third-order valence-electron chi connectivity index (χ3n) is 9.73. The molecule has 1 fully saturated rings. The quantitative estimate of drug-likeness (QED) is 0.0374. The summed E-state index contributed by atoms with van der Waals surface area (Å²) >= 11 is 0. The number of unbranched alkanes of at least 4 members (excludes halogenated alkanes) is 1. The highest BCUT2D eigenvalue weighted by atomic mass is 16.7. The van der Waals surface area contributed by atoms with Crippen LogP contribution in [0.25, 0.3) is 0 Å². The fraction of sp³-hybridized carbons (Fsp3) is 0.756. The molecule has 2 heterocycles. The summed E-state index contributed by atoms with van der Waals surface area (Å²) in [5, 5.41) is 10.8. The van der Waals surface area contributed by atoms with E-state index in [4.69, 9.17) is 52.2 Å². The Labute approximate surface area is 413 Å². The van der Waals surface area contributed by atoms with Crippen LogP contribution in [0.4, 0.5) is 0 Å². The van der Waals surface area contributed by atoms with Gasteiger partial charge in [0, 0.05) is 64.6 Å². The van der Waals surface area contributed by atoms with Crippen LogP contribution in [0.15, 0.2) is 12.2 Å². The normalized spacial score (nSPS) is 13.8. The number of methoxy groups -OCH3 is 1. The molecule has 0 spiro atoms. The Morgan fingerprint density at radius 2 is 0.972 bits per heavy atom. The molecule has 4 N–H and O–H groups in total. The molecule has 0 radical (unpaired) electrons. The lowest BCUT2D eigenvalue weighted by Crippen LogP contribution is -2.47. The number of carbonyl (C=O) groups excluding carboxylic acids is 9. The van der Waals surface area contributed by atoms with E-state index in [1.165, 1.54) is 0 Å². The number of hydroxylamine groups is 2. The van der Waals surface area contributed by atoms with Gasteiger partial charge in [-0.05, 0) is 32.1 Å². The lowest BCUT2D eigenvalue weighted by molar-refractivity contribution is -0.196. The van der Waals surface area contributed by atoms with Gasteiger partial charge in [-0.15, -0.1) is 5.06 Å². The Morgan fingerprint density at radius 1 is 0.521 bits per heavy atom. The molecule has 404 valence electrons. The van der Waals surface area contributed by atoms with Crippen LogP contribution in [-0.4, -0.2) is 228 Å². The van der Waals surface area contributed by atoms with Crippen molar-refractivity contribution in [2.24, 2.45) is 0 Å². The van der Waals surface area contributed by atoms with E-state index in [2.05, 4.69) is 21.3 Å². The summed E-state index contributed by atoms with van der Waals surface area (Å²) in [5.41, 5.74) is 0. The SMILES string of the molecule is COCCOCCOCCOCCOCCOCCOCCOCCOCCOCC(=O)NCCCC[C@H](NC(=O)CCCN1C(=O)C=CC1=O)C(=O)NCCCC(=O)NCC(=O)ON1C(=O)CCC1=O. The highest BCUT2D eigenvalue weighted by molar-refractivity contribution is 6.12. The maximum atomic E-state index is 13.1. The molecule has 2 aliphatic heterocycles. The first-order chi connectivity index (χ1) is 34.5. The van der Waals surface area contributed by atoms with Crippen LogP contribution in [0.5, 0.6) is 0 Å². The van der Waals surface area contributed by atoms with Crippen molar-refractivity contribution in [2.75, 3.05) is 159 Å². The van der Waals surface area contributed by atoms with Crippen molar-refractivity contribution >= 4 is 53.2 Å². The molecule has 0 saturated carbocycles. The van der Waals surface area contributed by atoms with Gasteiger partial charge in [0.15, 0.2) is 0 Å². The predicted octanol–water partition coefficient (Wildman–Crippen LogP) is -2.12. The molecular formula is C45H74N6O20. The van der Waals surface area contributed by atoms with Gasteiger partial charge in [0.05, 0.1) is 119 Å². The topological polar surface area (TPSA) is 310 Å². The number of hydrogen-bond acceptors (Lipinski definition) is 20. The summed E-state index contributed by atoms with van der Waals surface area (Å²) in [4.78, 5) is 115. The van der Waals surface area contributed by atoms with E-state index < -0.39 is 59.9 Å². The molecule has 2 aliphatic rings. The highest BCUT2D eigenvalue weighted by Crippen LogP contribution is 2.12. The zero-order chi connectivity index (χ0) is 51.6. The number of ether oxygens (including phenoxy) is 10. The molecule has 0 aromatic carbocycles. The smallest absolute Gasteiger partial charge is 0.352 e. The Kier molecular flexibility index (Phi) is 36.4. The van der Waals surface area contributed by atoms with Crippen molar-refractivity contribution in [2.45, 2.75) is 63.8 Å². The van der Waals surface area contributed by atoms with Gasteiger partial charge in [-0.2, -0.15) is 0 Å². The van der Waals surface area contributed by atoms with E-state index in [0.717, 1.165) is 17.1 Å². The van der Waals surface area contributed by atoms with Crippen LogP contribution >= 0.6 is 0 Å². The molecular weight excluding hydrogens is 945 g/mol. The van der Waals surface area contributed by atoms with Gasteiger partial charge >= 0.3 is 5.97 Å². The van der Waals surface area contributed by atoms with Gasteiger partial charge in [0.1, 0.15) is 19.2 Å². The van der Waals surface area contributed by atoms with Gasteiger partial charge in [0.2, 0.25) is 23.6 Å². The van der Waals surface area contributed by atoms with E-state index >= 15 is 0 Å². The third-order valence-corrected chi connectivity index (χ3v) is 9.73. The third kappa shape index (κ3) is 32.5. The molecule has 8 amide bonds. The zero-order valence-electron chi connectivity index (χ0n) is 40.9. The number of amides is 8. The summed E-state index contributed by atoms with van der Waals surface area (Å²) in [7, 11) is 1.63. The molecule has 0 aromatic rings. The van der Waals surface area contributed by atoms with Crippen molar-refractivity contribution in [3.8, 4) is 0 Å². The number of carbonyl (C=O) groups is 9. The average molecular weight is 1020 g/mol. The molecule has 0 aliphatic carbocycles. The lowest BCUT2D eigenvalue weighted by Gasteiger charge is -2.19. The van der Waals surface area contributed by atoms with Crippen molar-refractivity contribution in [3.05, 3.63) is 12.2 Å². The fourth-order valence-electron chi connectivity index (χ4n) is 6.04. The van der Waals surface area contributed by atoms with E-state index in [-0.39, 0.29) is 90.3 Å². The van der Waals surface area contributed by atoms with Crippen molar-refractivity contribution in [1.82, 2.24) is 31.2 Å². The van der Waals surface area contributed by atoms with E-state index in [1.807, 2.05) is 0 Å². The second kappa shape index (κ2) is 41.6. The number of imide groups is 2. The number of rotatable bonds is 47. The van der Waals surface area contributed by atoms with Crippen molar-refractivity contribution in [3.63, 3.8) is 0 Å². The van der Waals surface area contributed by atoms with Gasteiger partial charge in [-0.25, -0.2) is 4.79 Å². The summed E-state index contributed by atoms with van der Waals surface area (Å²) < 4.78 is 53.7. The Morgan fingerprint density at radius 3 is 1.46 bits per heavy atom. The Bertz CT molecular complexity index is 1590. The number of nitrogens with zero attached hydrogens (tertiary/aromatic N) is 2. The first-order valence-electron chi connectivity index (χ1n) is 23.9. The molecule has 0 unspecified atom stereocenters. The van der Waals surface area contributed by atoms with Crippen LogP contribution in [0.1, 0.15) is 57.8 Å². The summed E-state index contributed by atoms with van der Waals surface area (Å²) in [6, 6.07) is -0.961. The predicted molar refractivity (Wildman–Crippen MR) is 246 cm³/mol. The zero-order valence-corrected chi connectivity index (χ0v) is 40.9. The maximum absolute atomic E-state index is 13.1. The van der Waals surface area contributed by atoms with E-state index in [9.17, 15) is 43.2 Å². The molecule has 0 bridgehead atoms. The van der Waals surface area contributed by atoms with E-state index in [0.29, 0.717) is 124 Å². The maximum Gasteiger partial charge on any atom is 0.352 e. The van der Waals surface area contributed by atoms with Crippen molar-refractivity contribution < 1.29 is 95.4 Å². The standard InChI is InChI=1S/C45H74N6O20/c1-61-16-17-62-18-19-63-20-21-64-22-23-65-24-25-66-26-27-67-28-29-68-30-31-69-32-33-70-35-39(54)46-13-3-2-6-36(49-38(53)8-5-15-50-40(55)9-10-41(50)56)45(60)47-14-4-7-37(52)48-34-44(59)71-51-42(57)11-12-43(51)58/h9-10,36H,2-8,11-35H2,1H3,(H,46,54)(H,47,60)(H,48,52)(H,49,53)/t36-/m0/s1. The fourth-order valence-corrected chi connectivity index (χ4v) is 6.04. The first kappa shape index (κ1) is 62.1. The van der Waals surface area contributed by atoms with Crippen LogP contribution in [0.2, 0.25) is 0 Å². The monoisotopic (exact) mass is 1020 g/mol. The van der Waals surface area contributed by atoms with Crippen LogP contribution < -0.4 is 21.3 Å². The summed E-state index contributed by atoms with van der Waals surface area (Å²) in [6.45, 7) is 7.43. The Balaban J connectivity index is 1.46. The second-order valence-electron chi connectivity index (χ2n) is 15.4. The minimum Gasteiger partial charge on any atom is -0.382 e. The van der Waals surface area contributed by atoms with Crippen LogP contribution in [-0.2, 0) is 95.4 Å². The minimum absolute atomic E-state index is 0.0347. The van der Waals surface area contributed by atoms with Gasteiger partial charge < -0.3 is 73.5 Å². The second-order valence-corrected chi connectivity index (χ2v) is 15.4. The van der Waals surface area contributed by atoms with Gasteiger partial charge in [-0.3, -0.25) is 43.3 Å². The molecule has 0 aromatic heterocycles. The summed E-state index contributed by atoms with van der Waals surface area (Å²) in [6.07, 6.45) is 3.49. The number of hydrogen-bond donors (Lipinski definition) is 4. The average Bonchev–Trinajstić information content (AvgIpc) is 3.85. The van der Waals surface area contributed by atoms with Gasteiger partial charge in [0.25, 0.3) is 23.6 Å². The van der Waals surface area contributed by atoms with Gasteiger partial charge in [-0.1, -0.05) is 0 Å². The molecule has 71 heavy (non-hydrogen) atoms. The lowest BCUT2D eigenvalue weighted by atomic mass is 10.1. The molecule has 26 nitrogen and oxygen atoms in total. The van der Waals surface area contributed by atoms with E-state index in [1.54, 1.807) is 7.11 Å². The largest absolute Gasteiger partial charge is 0.382 e. The van der Waals surface area contributed by atoms with Crippen molar-refractivity contribution in [1.29, 1.82) is 0 Å². The molecule has 1 atom stereocenters.